The van der Waals surface area contributed by atoms with Crippen molar-refractivity contribution in [3.63, 3.8) is 0 Å². The van der Waals surface area contributed by atoms with Crippen LogP contribution in [-0.4, -0.2) is 50.8 Å². The van der Waals surface area contributed by atoms with E-state index >= 15 is 0 Å². The highest BCUT2D eigenvalue weighted by Crippen LogP contribution is 2.38. The van der Waals surface area contributed by atoms with E-state index in [9.17, 15) is 0 Å². The Morgan fingerprint density at radius 1 is 0.676 bits per heavy atom. The molecule has 0 amide bonds. The topological polar surface area (TPSA) is 48.1 Å². The molecule has 0 unspecified atom stereocenters. The second kappa shape index (κ2) is 9.47. The lowest BCUT2D eigenvalue weighted by atomic mass is 9.99. The van der Waals surface area contributed by atoms with Crippen molar-refractivity contribution in [2.75, 3.05) is 26.3 Å². The second-order valence-corrected chi connectivity index (χ2v) is 9.72. The molecule has 6 heteroatoms. The molecule has 1 fully saturated rings. The number of morpholine rings is 1. The molecular weight excluding hydrogens is 458 g/mol. The van der Waals surface area contributed by atoms with E-state index in [2.05, 4.69) is 110 Å². The number of rotatable bonds is 6. The maximum Gasteiger partial charge on any atom is 0.131 e. The fraction of sp³-hybridized carbons (Fsp3) is 0.226. The molecule has 1 aliphatic rings. The minimum Gasteiger partial charge on any atom is -0.379 e. The molecule has 7 rings (SSSR count). The Morgan fingerprint density at radius 3 is 1.97 bits per heavy atom. The quantitative estimate of drug-likeness (QED) is 0.287. The molecule has 0 aliphatic carbocycles. The molecule has 184 valence electrons. The van der Waals surface area contributed by atoms with Gasteiger partial charge >= 0.3 is 0 Å². The number of benzene rings is 4. The van der Waals surface area contributed by atoms with Gasteiger partial charge in [-0.05, 0) is 29.8 Å². The van der Waals surface area contributed by atoms with E-state index in [4.69, 9.17) is 9.95 Å². The third-order valence-corrected chi connectivity index (χ3v) is 7.68. The molecule has 0 spiro atoms. The fourth-order valence-corrected chi connectivity index (χ4v) is 5.96. The van der Waals surface area contributed by atoms with Crippen LogP contribution in [0.4, 0.5) is 0 Å². The highest BCUT2D eigenvalue weighted by molar-refractivity contribution is 6.08. The van der Waals surface area contributed by atoms with Crippen molar-refractivity contribution >= 4 is 32.8 Å². The Hall–Kier alpha value is -4.00. The van der Waals surface area contributed by atoms with Crippen molar-refractivity contribution in [3.8, 4) is 0 Å². The molecule has 3 heterocycles. The van der Waals surface area contributed by atoms with Gasteiger partial charge in [-0.15, -0.1) is 5.10 Å². The number of nitrogens with zero attached hydrogens (tertiary/aromatic N) is 5. The minimum absolute atomic E-state index is 0.0785. The Kier molecular flexibility index (Phi) is 5.68. The van der Waals surface area contributed by atoms with Gasteiger partial charge in [-0.3, -0.25) is 4.90 Å². The first-order chi connectivity index (χ1) is 18.4. The van der Waals surface area contributed by atoms with E-state index in [0.29, 0.717) is 0 Å². The van der Waals surface area contributed by atoms with Gasteiger partial charge in [0.05, 0.1) is 29.8 Å². The van der Waals surface area contributed by atoms with Gasteiger partial charge in [0.25, 0.3) is 0 Å². The molecule has 2 atom stereocenters. The van der Waals surface area contributed by atoms with Crippen LogP contribution in [0.5, 0.6) is 0 Å². The lowest BCUT2D eigenvalue weighted by Crippen LogP contribution is -2.40. The summed E-state index contributed by atoms with van der Waals surface area (Å²) in [5.41, 5.74) is 5.70. The first kappa shape index (κ1) is 22.2. The van der Waals surface area contributed by atoms with E-state index in [1.165, 1.54) is 27.4 Å². The van der Waals surface area contributed by atoms with Crippen LogP contribution in [-0.2, 0) is 4.74 Å². The molecule has 6 nitrogen and oxygen atoms in total. The fourth-order valence-electron chi connectivity index (χ4n) is 5.96. The molecule has 2 aromatic heterocycles. The van der Waals surface area contributed by atoms with E-state index in [0.717, 1.165) is 43.8 Å². The highest BCUT2D eigenvalue weighted by atomic mass is 16.5. The average molecular weight is 488 g/mol. The Morgan fingerprint density at radius 2 is 1.27 bits per heavy atom. The molecular formula is C31H29N5O. The number of hydrogen-bond donors (Lipinski definition) is 0. The molecule has 0 saturated carbocycles. The third-order valence-electron chi connectivity index (χ3n) is 7.68. The molecule has 1 aliphatic heterocycles. The van der Waals surface area contributed by atoms with Crippen LogP contribution in [0.2, 0.25) is 0 Å². The first-order valence-electron chi connectivity index (χ1n) is 13.0. The number of fused-ring (bicyclic) bond motifs is 4. The lowest BCUT2D eigenvalue weighted by Gasteiger charge is -2.37. The average Bonchev–Trinajstić information content (AvgIpc) is 3.55. The molecule has 37 heavy (non-hydrogen) atoms. The van der Waals surface area contributed by atoms with Gasteiger partial charge in [0.15, 0.2) is 0 Å². The van der Waals surface area contributed by atoms with Gasteiger partial charge < -0.3 is 9.30 Å². The maximum atomic E-state index is 5.73. The molecule has 4 aromatic carbocycles. The maximum absolute atomic E-state index is 5.73. The molecule has 0 N–H and O–H groups in total. The summed E-state index contributed by atoms with van der Waals surface area (Å²) < 4.78 is 10.3. The van der Waals surface area contributed by atoms with Crippen molar-refractivity contribution in [1.82, 2.24) is 24.5 Å². The smallest absolute Gasteiger partial charge is 0.131 e. The number of hydrogen-bond acceptors (Lipinski definition) is 4. The zero-order valence-corrected chi connectivity index (χ0v) is 20.6. The van der Waals surface area contributed by atoms with Crippen LogP contribution >= 0.6 is 0 Å². The van der Waals surface area contributed by atoms with Gasteiger partial charge in [0.1, 0.15) is 11.7 Å². The van der Waals surface area contributed by atoms with Crippen LogP contribution in [0.15, 0.2) is 103 Å². The van der Waals surface area contributed by atoms with Crippen molar-refractivity contribution in [2.45, 2.75) is 18.6 Å². The summed E-state index contributed by atoms with van der Waals surface area (Å²) in [7, 11) is 0. The summed E-state index contributed by atoms with van der Waals surface area (Å²) in [5.74, 6) is 0. The Balaban J connectivity index is 1.46. The summed E-state index contributed by atoms with van der Waals surface area (Å²) in [5, 5.41) is 11.8. The number of ether oxygens (including phenoxy) is 1. The molecule has 1 saturated heterocycles. The summed E-state index contributed by atoms with van der Waals surface area (Å²) in [6, 6.07) is 36.8. The highest BCUT2D eigenvalue weighted by Gasteiger charge is 2.30. The summed E-state index contributed by atoms with van der Waals surface area (Å²) >= 11 is 0. The predicted molar refractivity (Wildman–Crippen MR) is 148 cm³/mol. The van der Waals surface area contributed by atoms with E-state index in [-0.39, 0.29) is 12.2 Å². The summed E-state index contributed by atoms with van der Waals surface area (Å²) in [6.07, 6.45) is 0.769. The van der Waals surface area contributed by atoms with Gasteiger partial charge in [-0.25, -0.2) is 4.68 Å². The zero-order valence-electron chi connectivity index (χ0n) is 20.6. The SMILES string of the molecule is c1ccc([C@@H](C[C@H](n2nnc3ccccc32)n2c3ccccc3c3ccccc32)N2CCOCC2)cc1. The normalized spacial score (nSPS) is 16.4. The minimum atomic E-state index is -0.0785. The third kappa shape index (κ3) is 3.89. The van der Waals surface area contributed by atoms with E-state index in [1.807, 2.05) is 12.1 Å². The van der Waals surface area contributed by atoms with Gasteiger partial charge in [0, 0.05) is 36.3 Å². The number of aromatic nitrogens is 4. The lowest BCUT2D eigenvalue weighted by molar-refractivity contribution is 0.0100. The van der Waals surface area contributed by atoms with Crippen LogP contribution < -0.4 is 0 Å². The van der Waals surface area contributed by atoms with Gasteiger partial charge in [-0.2, -0.15) is 0 Å². The van der Waals surface area contributed by atoms with Crippen molar-refractivity contribution in [3.05, 3.63) is 109 Å². The summed E-state index contributed by atoms with van der Waals surface area (Å²) in [4.78, 5) is 2.57. The van der Waals surface area contributed by atoms with Crippen LogP contribution in [0.25, 0.3) is 32.8 Å². The Bertz CT molecular complexity index is 1610. The number of para-hydroxylation sites is 3. The van der Waals surface area contributed by atoms with Crippen molar-refractivity contribution < 1.29 is 4.74 Å². The monoisotopic (exact) mass is 487 g/mol. The van der Waals surface area contributed by atoms with Crippen LogP contribution in [0, 0.1) is 0 Å². The van der Waals surface area contributed by atoms with Crippen LogP contribution in [0.3, 0.4) is 0 Å². The predicted octanol–water partition coefficient (Wildman–Crippen LogP) is 6.05. The second-order valence-electron chi connectivity index (χ2n) is 9.72. The van der Waals surface area contributed by atoms with Gasteiger partial charge in [0.2, 0.25) is 0 Å². The van der Waals surface area contributed by atoms with Crippen molar-refractivity contribution in [1.29, 1.82) is 0 Å². The zero-order chi connectivity index (χ0) is 24.6. The first-order valence-corrected chi connectivity index (χ1v) is 13.0. The van der Waals surface area contributed by atoms with E-state index in [1.54, 1.807) is 0 Å². The standard InChI is InChI=1S/C31H29N5O/c1-2-10-23(11-3-1)30(34-18-20-37-21-19-34)22-31(36-29-17-9-6-14-26(29)32-33-36)35-27-15-7-4-12-24(27)25-13-5-8-16-28(25)35/h1-17,30-31H,18-22H2/t30-,31+/m1/s1. The molecule has 0 radical (unpaired) electrons. The summed E-state index contributed by atoms with van der Waals surface area (Å²) in [6.45, 7) is 3.35. The Labute approximate surface area is 215 Å². The van der Waals surface area contributed by atoms with Crippen LogP contribution in [0.1, 0.15) is 24.2 Å². The largest absolute Gasteiger partial charge is 0.379 e. The van der Waals surface area contributed by atoms with E-state index < -0.39 is 0 Å². The molecule has 0 bridgehead atoms. The molecule has 6 aromatic rings. The van der Waals surface area contributed by atoms with Gasteiger partial charge in [-0.1, -0.05) is 84.1 Å². The van der Waals surface area contributed by atoms with Crippen molar-refractivity contribution in [2.24, 2.45) is 0 Å².